The summed E-state index contributed by atoms with van der Waals surface area (Å²) in [5.74, 6) is -1.25. The first kappa shape index (κ1) is 15.3. The molecule has 1 amide bonds. The lowest BCUT2D eigenvalue weighted by molar-refractivity contribution is 0.102. The van der Waals surface area contributed by atoms with Crippen LogP contribution in [0.15, 0.2) is 30.3 Å². The zero-order valence-corrected chi connectivity index (χ0v) is 12.4. The van der Waals surface area contributed by atoms with Gasteiger partial charge in [-0.1, -0.05) is 0 Å². The molecule has 0 unspecified atom stereocenters. The molecule has 120 valence electrons. The highest BCUT2D eigenvalue weighted by atomic mass is 19.1. The number of carbonyl (C=O) groups excluding carboxylic acids is 1. The van der Waals surface area contributed by atoms with E-state index in [1.54, 1.807) is 6.07 Å². The maximum Gasteiger partial charge on any atom is 0.276 e. The second-order valence-electron chi connectivity index (χ2n) is 5.40. The van der Waals surface area contributed by atoms with Crippen molar-refractivity contribution in [2.24, 2.45) is 0 Å². The molecule has 2 aromatic rings. The van der Waals surface area contributed by atoms with Crippen LogP contribution in [0, 0.1) is 11.6 Å². The highest BCUT2D eigenvalue weighted by molar-refractivity contribution is 6.02. The molecule has 23 heavy (non-hydrogen) atoms. The molecule has 0 bridgehead atoms. The van der Waals surface area contributed by atoms with Crippen LogP contribution in [-0.2, 0) is 0 Å². The number of benzene rings is 1. The van der Waals surface area contributed by atoms with Crippen LogP contribution in [0.2, 0.25) is 0 Å². The van der Waals surface area contributed by atoms with Gasteiger partial charge in [-0.05, 0) is 43.5 Å². The molecule has 0 aliphatic carbocycles. The van der Waals surface area contributed by atoms with Crippen LogP contribution >= 0.6 is 0 Å². The van der Waals surface area contributed by atoms with Gasteiger partial charge in [0.2, 0.25) is 0 Å². The summed E-state index contributed by atoms with van der Waals surface area (Å²) in [7, 11) is 0. The number of hydrogen-bond donors (Lipinski definition) is 1. The van der Waals surface area contributed by atoms with Gasteiger partial charge in [0.25, 0.3) is 5.91 Å². The molecule has 5 nitrogen and oxygen atoms in total. The van der Waals surface area contributed by atoms with Crippen LogP contribution in [0.5, 0.6) is 0 Å². The molecular weight excluding hydrogens is 302 g/mol. The highest BCUT2D eigenvalue weighted by Gasteiger charge is 2.15. The third-order valence-corrected chi connectivity index (χ3v) is 3.74. The molecule has 1 aromatic carbocycles. The van der Waals surface area contributed by atoms with Gasteiger partial charge in [0.15, 0.2) is 11.5 Å². The number of piperidine rings is 1. The fourth-order valence-electron chi connectivity index (χ4n) is 2.52. The Labute approximate surface area is 132 Å². The Balaban J connectivity index is 1.71. The van der Waals surface area contributed by atoms with Gasteiger partial charge >= 0.3 is 0 Å². The van der Waals surface area contributed by atoms with Crippen molar-refractivity contribution in [3.63, 3.8) is 0 Å². The number of anilines is 2. The van der Waals surface area contributed by atoms with Gasteiger partial charge in [-0.25, -0.2) is 8.78 Å². The van der Waals surface area contributed by atoms with E-state index >= 15 is 0 Å². The Hall–Kier alpha value is -2.57. The lowest BCUT2D eigenvalue weighted by atomic mass is 10.1. The quantitative estimate of drug-likeness (QED) is 0.945. The molecule has 0 atom stereocenters. The Kier molecular flexibility index (Phi) is 4.45. The molecule has 1 fully saturated rings. The van der Waals surface area contributed by atoms with E-state index in [2.05, 4.69) is 20.4 Å². The van der Waals surface area contributed by atoms with E-state index in [0.717, 1.165) is 49.9 Å². The number of amides is 1. The summed E-state index contributed by atoms with van der Waals surface area (Å²) in [6, 6.07) is 6.11. The third-order valence-electron chi connectivity index (χ3n) is 3.74. The Morgan fingerprint density at radius 3 is 2.52 bits per heavy atom. The molecule has 0 radical (unpaired) electrons. The first-order chi connectivity index (χ1) is 11.1. The SMILES string of the molecule is O=C(Nc1cc(F)ccc1F)c1ccc(N2CCCCC2)nn1. The van der Waals surface area contributed by atoms with E-state index in [4.69, 9.17) is 0 Å². The minimum absolute atomic E-state index is 0.0504. The molecular formula is C16H16F2N4O. The highest BCUT2D eigenvalue weighted by Crippen LogP contribution is 2.18. The van der Waals surface area contributed by atoms with Crippen LogP contribution in [0.3, 0.4) is 0 Å². The molecule has 0 spiro atoms. The summed E-state index contributed by atoms with van der Waals surface area (Å²) in [6.07, 6.45) is 3.44. The second kappa shape index (κ2) is 6.68. The summed E-state index contributed by atoms with van der Waals surface area (Å²) < 4.78 is 26.6. The third kappa shape index (κ3) is 3.61. The number of aromatic nitrogens is 2. The first-order valence-corrected chi connectivity index (χ1v) is 7.48. The molecule has 1 saturated heterocycles. The number of nitrogens with one attached hydrogen (secondary N) is 1. The standard InChI is InChI=1S/C16H16F2N4O/c17-11-4-5-12(18)14(10-11)19-16(23)13-6-7-15(21-20-13)22-8-2-1-3-9-22/h4-7,10H,1-3,8-9H2,(H,19,23). The van der Waals surface area contributed by atoms with Crippen LogP contribution in [0.1, 0.15) is 29.8 Å². The fourth-order valence-corrected chi connectivity index (χ4v) is 2.52. The van der Waals surface area contributed by atoms with Gasteiger partial charge in [0.1, 0.15) is 11.6 Å². The number of carbonyl (C=O) groups is 1. The summed E-state index contributed by atoms with van der Waals surface area (Å²) in [4.78, 5) is 14.2. The molecule has 1 aliphatic rings. The average molecular weight is 318 g/mol. The van der Waals surface area contributed by atoms with Gasteiger partial charge in [-0.15, -0.1) is 10.2 Å². The largest absolute Gasteiger partial charge is 0.355 e. The van der Waals surface area contributed by atoms with Crippen molar-refractivity contribution in [1.29, 1.82) is 0 Å². The topological polar surface area (TPSA) is 58.1 Å². The fraction of sp³-hybridized carbons (Fsp3) is 0.312. The molecule has 2 heterocycles. The summed E-state index contributed by atoms with van der Waals surface area (Å²) in [5.41, 5.74) is -0.175. The first-order valence-electron chi connectivity index (χ1n) is 7.48. The lowest BCUT2D eigenvalue weighted by Crippen LogP contribution is -2.30. The molecule has 3 rings (SSSR count). The van der Waals surface area contributed by atoms with Crippen LogP contribution < -0.4 is 10.2 Å². The van der Waals surface area contributed by atoms with Crippen molar-refractivity contribution in [2.75, 3.05) is 23.3 Å². The normalized spacial score (nSPS) is 14.6. The van der Waals surface area contributed by atoms with Crippen molar-refractivity contribution in [1.82, 2.24) is 10.2 Å². The molecule has 1 aromatic heterocycles. The van der Waals surface area contributed by atoms with Crippen LogP contribution in [0.25, 0.3) is 0 Å². The van der Waals surface area contributed by atoms with E-state index in [1.165, 1.54) is 12.5 Å². The smallest absolute Gasteiger partial charge is 0.276 e. The number of rotatable bonds is 3. The van der Waals surface area contributed by atoms with Gasteiger partial charge in [0.05, 0.1) is 5.69 Å². The monoisotopic (exact) mass is 318 g/mol. The summed E-state index contributed by atoms with van der Waals surface area (Å²) >= 11 is 0. The Morgan fingerprint density at radius 1 is 1.04 bits per heavy atom. The van der Waals surface area contributed by atoms with Crippen molar-refractivity contribution in [3.8, 4) is 0 Å². The van der Waals surface area contributed by atoms with Gasteiger partial charge < -0.3 is 10.2 Å². The van der Waals surface area contributed by atoms with E-state index in [-0.39, 0.29) is 11.4 Å². The van der Waals surface area contributed by atoms with E-state index in [9.17, 15) is 13.6 Å². The van der Waals surface area contributed by atoms with Crippen LogP contribution in [0.4, 0.5) is 20.3 Å². The van der Waals surface area contributed by atoms with Crippen molar-refractivity contribution in [3.05, 3.63) is 47.7 Å². The number of halogens is 2. The molecule has 0 saturated carbocycles. The summed E-state index contributed by atoms with van der Waals surface area (Å²) in [6.45, 7) is 1.85. The van der Waals surface area contributed by atoms with Crippen molar-refractivity contribution < 1.29 is 13.6 Å². The Bertz CT molecular complexity index is 700. The maximum atomic E-state index is 13.5. The van der Waals surface area contributed by atoms with Crippen molar-refractivity contribution >= 4 is 17.4 Å². The predicted molar refractivity (Wildman–Crippen MR) is 82.4 cm³/mol. The minimum atomic E-state index is -0.711. The maximum absolute atomic E-state index is 13.5. The minimum Gasteiger partial charge on any atom is -0.355 e. The van der Waals surface area contributed by atoms with Gasteiger partial charge in [0, 0.05) is 19.2 Å². The zero-order valence-electron chi connectivity index (χ0n) is 12.4. The zero-order chi connectivity index (χ0) is 16.2. The molecule has 1 N–H and O–H groups in total. The van der Waals surface area contributed by atoms with Crippen LogP contribution in [-0.4, -0.2) is 29.2 Å². The number of hydrogen-bond acceptors (Lipinski definition) is 4. The lowest BCUT2D eigenvalue weighted by Gasteiger charge is -2.27. The second-order valence-corrected chi connectivity index (χ2v) is 5.40. The van der Waals surface area contributed by atoms with E-state index in [1.807, 2.05) is 0 Å². The predicted octanol–water partition coefficient (Wildman–Crippen LogP) is 3.00. The van der Waals surface area contributed by atoms with Gasteiger partial charge in [-0.2, -0.15) is 0 Å². The molecule has 1 aliphatic heterocycles. The average Bonchev–Trinajstić information content (AvgIpc) is 2.59. The summed E-state index contributed by atoms with van der Waals surface area (Å²) in [5, 5.41) is 10.2. The number of nitrogens with zero attached hydrogens (tertiary/aromatic N) is 3. The Morgan fingerprint density at radius 2 is 1.83 bits per heavy atom. The van der Waals surface area contributed by atoms with E-state index < -0.39 is 17.5 Å². The van der Waals surface area contributed by atoms with Gasteiger partial charge in [-0.3, -0.25) is 4.79 Å². The van der Waals surface area contributed by atoms with Crippen molar-refractivity contribution in [2.45, 2.75) is 19.3 Å². The molecule has 7 heteroatoms. The van der Waals surface area contributed by atoms with E-state index in [0.29, 0.717) is 0 Å².